The molecule has 0 unspecified atom stereocenters. The Bertz CT molecular complexity index is 627. The van der Waals surface area contributed by atoms with Gasteiger partial charge in [0.2, 0.25) is 0 Å². The van der Waals surface area contributed by atoms with E-state index in [2.05, 4.69) is 10.6 Å². The molecule has 1 aromatic rings. The third-order valence-corrected chi connectivity index (χ3v) is 4.75. The van der Waals surface area contributed by atoms with Crippen molar-refractivity contribution in [1.29, 1.82) is 0 Å². The van der Waals surface area contributed by atoms with Crippen LogP contribution in [0.25, 0.3) is 0 Å². The number of carbonyl (C=O) groups excluding carboxylic acids is 3. The van der Waals surface area contributed by atoms with Crippen LogP contribution in [0.15, 0.2) is 30.3 Å². The first-order valence-corrected chi connectivity index (χ1v) is 9.56. The second-order valence-electron chi connectivity index (χ2n) is 7.03. The standard InChI is InChI=1S/C20H29N3O4/c1-14(18(24)22-16-11-7-2-3-8-12-16)27-19(25)17(23-20(21)26)13-15-9-5-4-6-10-15/h4-6,9-10,14,16-17H,2-3,7-8,11-13H2,1H3,(H,22,24)(H3,21,23,26)/t14-,17+/m1/s1. The Kier molecular flexibility index (Phi) is 8.10. The van der Waals surface area contributed by atoms with E-state index < -0.39 is 24.1 Å². The zero-order valence-electron chi connectivity index (χ0n) is 15.8. The number of hydrogen-bond acceptors (Lipinski definition) is 4. The Morgan fingerprint density at radius 3 is 2.33 bits per heavy atom. The zero-order valence-corrected chi connectivity index (χ0v) is 15.8. The Morgan fingerprint density at radius 2 is 1.74 bits per heavy atom. The number of carbonyl (C=O) groups is 3. The molecule has 1 saturated carbocycles. The number of primary amides is 1. The minimum atomic E-state index is -0.946. The second-order valence-corrected chi connectivity index (χ2v) is 7.03. The van der Waals surface area contributed by atoms with Crippen LogP contribution in [0.3, 0.4) is 0 Å². The largest absolute Gasteiger partial charge is 0.451 e. The van der Waals surface area contributed by atoms with Gasteiger partial charge >= 0.3 is 12.0 Å². The van der Waals surface area contributed by atoms with Crippen LogP contribution in [0.5, 0.6) is 0 Å². The topological polar surface area (TPSA) is 111 Å². The monoisotopic (exact) mass is 375 g/mol. The highest BCUT2D eigenvalue weighted by atomic mass is 16.5. The molecule has 0 radical (unpaired) electrons. The number of amides is 3. The van der Waals surface area contributed by atoms with Gasteiger partial charge in [0, 0.05) is 12.5 Å². The highest BCUT2D eigenvalue weighted by molar-refractivity contribution is 5.87. The molecule has 7 heteroatoms. The predicted octanol–water partition coefficient (Wildman–Crippen LogP) is 2.04. The summed E-state index contributed by atoms with van der Waals surface area (Å²) in [4.78, 5) is 36.1. The molecule has 0 aromatic heterocycles. The third kappa shape index (κ3) is 7.29. The summed E-state index contributed by atoms with van der Waals surface area (Å²) in [5.41, 5.74) is 6.03. The quantitative estimate of drug-likeness (QED) is 0.500. The number of ether oxygens (including phenoxy) is 1. The number of nitrogens with one attached hydrogen (secondary N) is 2. The van der Waals surface area contributed by atoms with Gasteiger partial charge in [-0.05, 0) is 25.3 Å². The lowest BCUT2D eigenvalue weighted by Gasteiger charge is -2.22. The van der Waals surface area contributed by atoms with Gasteiger partial charge in [-0.25, -0.2) is 9.59 Å². The van der Waals surface area contributed by atoms with Gasteiger partial charge in [-0.15, -0.1) is 0 Å². The van der Waals surface area contributed by atoms with Gasteiger partial charge in [0.1, 0.15) is 6.04 Å². The van der Waals surface area contributed by atoms with E-state index in [0.717, 1.165) is 31.2 Å². The number of hydrogen-bond donors (Lipinski definition) is 3. The normalized spacial score (nSPS) is 17.2. The average Bonchev–Trinajstić information content (AvgIpc) is 2.90. The molecule has 0 heterocycles. The summed E-state index contributed by atoms with van der Waals surface area (Å²) in [7, 11) is 0. The third-order valence-electron chi connectivity index (χ3n) is 4.75. The van der Waals surface area contributed by atoms with E-state index in [1.54, 1.807) is 0 Å². The van der Waals surface area contributed by atoms with E-state index in [9.17, 15) is 14.4 Å². The Morgan fingerprint density at radius 1 is 1.11 bits per heavy atom. The van der Waals surface area contributed by atoms with Crippen LogP contribution in [0, 0.1) is 0 Å². The number of benzene rings is 1. The minimum absolute atomic E-state index is 0.130. The summed E-state index contributed by atoms with van der Waals surface area (Å²) >= 11 is 0. The van der Waals surface area contributed by atoms with Crippen LogP contribution in [-0.2, 0) is 20.7 Å². The maximum Gasteiger partial charge on any atom is 0.329 e. The maximum atomic E-state index is 12.5. The maximum absolute atomic E-state index is 12.5. The lowest BCUT2D eigenvalue weighted by atomic mass is 10.1. The number of esters is 1. The summed E-state index contributed by atoms with van der Waals surface area (Å²) in [5.74, 6) is -0.992. The van der Waals surface area contributed by atoms with Crippen LogP contribution in [0.4, 0.5) is 4.79 Å². The van der Waals surface area contributed by atoms with Crippen molar-refractivity contribution < 1.29 is 19.1 Å². The predicted molar refractivity (Wildman–Crippen MR) is 102 cm³/mol. The molecule has 148 valence electrons. The first-order chi connectivity index (χ1) is 13.0. The van der Waals surface area contributed by atoms with Crippen LogP contribution in [0.2, 0.25) is 0 Å². The Hall–Kier alpha value is -2.57. The van der Waals surface area contributed by atoms with Crippen molar-refractivity contribution >= 4 is 17.9 Å². The molecule has 1 aliphatic rings. The van der Waals surface area contributed by atoms with E-state index in [-0.39, 0.29) is 18.4 Å². The summed E-state index contributed by atoms with van der Waals surface area (Å²) in [5, 5.41) is 5.36. The average molecular weight is 375 g/mol. The molecule has 2 atom stereocenters. The zero-order chi connectivity index (χ0) is 19.6. The van der Waals surface area contributed by atoms with Crippen molar-refractivity contribution in [3.63, 3.8) is 0 Å². The molecule has 3 amide bonds. The fraction of sp³-hybridized carbons (Fsp3) is 0.550. The molecule has 0 aliphatic heterocycles. The van der Waals surface area contributed by atoms with Crippen LogP contribution >= 0.6 is 0 Å². The number of rotatable bonds is 7. The molecule has 0 saturated heterocycles. The number of urea groups is 1. The summed E-state index contributed by atoms with van der Waals surface area (Å²) in [6.07, 6.45) is 5.78. The van der Waals surface area contributed by atoms with Gasteiger partial charge < -0.3 is 21.1 Å². The molecule has 1 aliphatic carbocycles. The van der Waals surface area contributed by atoms with E-state index in [0.29, 0.717) is 0 Å². The molecule has 0 bridgehead atoms. The van der Waals surface area contributed by atoms with Crippen molar-refractivity contribution in [2.45, 2.75) is 70.1 Å². The summed E-state index contributed by atoms with van der Waals surface area (Å²) in [6, 6.07) is 7.58. The smallest absolute Gasteiger partial charge is 0.329 e. The number of nitrogens with two attached hydrogens (primary N) is 1. The fourth-order valence-electron chi connectivity index (χ4n) is 3.27. The molecular formula is C20H29N3O4. The Labute approximate surface area is 160 Å². The molecular weight excluding hydrogens is 346 g/mol. The Balaban J connectivity index is 1.91. The van der Waals surface area contributed by atoms with Crippen LogP contribution in [0.1, 0.15) is 51.0 Å². The molecule has 1 aromatic carbocycles. The van der Waals surface area contributed by atoms with E-state index in [1.165, 1.54) is 19.8 Å². The van der Waals surface area contributed by atoms with Crippen molar-refractivity contribution in [3.8, 4) is 0 Å². The van der Waals surface area contributed by atoms with Gasteiger partial charge in [0.15, 0.2) is 6.10 Å². The van der Waals surface area contributed by atoms with Crippen molar-refractivity contribution in [2.75, 3.05) is 0 Å². The van der Waals surface area contributed by atoms with Crippen LogP contribution in [-0.4, -0.2) is 36.1 Å². The van der Waals surface area contributed by atoms with E-state index >= 15 is 0 Å². The first-order valence-electron chi connectivity index (χ1n) is 9.56. The van der Waals surface area contributed by atoms with Gasteiger partial charge in [-0.1, -0.05) is 56.0 Å². The highest BCUT2D eigenvalue weighted by Crippen LogP contribution is 2.17. The van der Waals surface area contributed by atoms with Gasteiger partial charge in [0.05, 0.1) is 0 Å². The van der Waals surface area contributed by atoms with Crippen molar-refractivity contribution in [1.82, 2.24) is 10.6 Å². The van der Waals surface area contributed by atoms with Crippen molar-refractivity contribution in [3.05, 3.63) is 35.9 Å². The van der Waals surface area contributed by atoms with Gasteiger partial charge in [-0.3, -0.25) is 4.79 Å². The molecule has 27 heavy (non-hydrogen) atoms. The van der Waals surface area contributed by atoms with E-state index in [4.69, 9.17) is 10.5 Å². The fourth-order valence-corrected chi connectivity index (χ4v) is 3.27. The van der Waals surface area contributed by atoms with E-state index in [1.807, 2.05) is 30.3 Å². The molecule has 2 rings (SSSR count). The summed E-state index contributed by atoms with van der Waals surface area (Å²) < 4.78 is 5.30. The van der Waals surface area contributed by atoms with Crippen LogP contribution < -0.4 is 16.4 Å². The van der Waals surface area contributed by atoms with Crippen molar-refractivity contribution in [2.24, 2.45) is 5.73 Å². The lowest BCUT2D eigenvalue weighted by Crippen LogP contribution is -2.48. The first kappa shape index (κ1) is 20.7. The summed E-state index contributed by atoms with van der Waals surface area (Å²) in [6.45, 7) is 1.54. The molecule has 4 N–H and O–H groups in total. The second kappa shape index (κ2) is 10.5. The lowest BCUT2D eigenvalue weighted by molar-refractivity contribution is -0.156. The molecule has 7 nitrogen and oxygen atoms in total. The van der Waals surface area contributed by atoms with Gasteiger partial charge in [0.25, 0.3) is 5.91 Å². The SMILES string of the molecule is C[C@@H](OC(=O)[C@H](Cc1ccccc1)NC(N)=O)C(=O)NC1CCCCCC1. The van der Waals surface area contributed by atoms with Gasteiger partial charge in [-0.2, -0.15) is 0 Å². The molecule has 0 spiro atoms. The molecule has 1 fully saturated rings. The highest BCUT2D eigenvalue weighted by Gasteiger charge is 2.27. The minimum Gasteiger partial charge on any atom is -0.451 e.